The summed E-state index contributed by atoms with van der Waals surface area (Å²) in [4.78, 5) is 12.8. The molecule has 1 amide bonds. The minimum Gasteiger partial charge on any atom is -0.443 e. The van der Waals surface area contributed by atoms with Crippen molar-refractivity contribution < 1.29 is 9.53 Å². The Bertz CT molecular complexity index is 1070. The number of benzene rings is 4. The van der Waals surface area contributed by atoms with E-state index in [1.165, 1.54) is 5.01 Å². The highest BCUT2D eigenvalue weighted by Gasteiger charge is 2.18. The highest BCUT2D eigenvalue weighted by Crippen LogP contribution is 2.22. The second kappa shape index (κ2) is 8.27. The van der Waals surface area contributed by atoms with Gasteiger partial charge in [0.05, 0.1) is 11.4 Å². The van der Waals surface area contributed by atoms with Crippen LogP contribution in [0.5, 0.6) is 0 Å². The molecule has 0 saturated heterocycles. The Morgan fingerprint density at radius 3 is 2.14 bits per heavy atom. The molecule has 0 aliphatic rings. The molecule has 0 atom stereocenters. The average molecular weight is 368 g/mol. The molecular weight excluding hydrogens is 348 g/mol. The van der Waals surface area contributed by atoms with Gasteiger partial charge in [-0.25, -0.2) is 4.79 Å². The van der Waals surface area contributed by atoms with Crippen LogP contribution < -0.4 is 10.4 Å². The fourth-order valence-electron chi connectivity index (χ4n) is 2.96. The number of ether oxygens (including phenoxy) is 1. The number of amides is 1. The predicted molar refractivity (Wildman–Crippen MR) is 113 cm³/mol. The van der Waals surface area contributed by atoms with Crippen LogP contribution in [0.1, 0.15) is 5.56 Å². The molecule has 0 saturated carbocycles. The highest BCUT2D eigenvalue weighted by atomic mass is 16.6. The lowest BCUT2D eigenvalue weighted by molar-refractivity contribution is 0.148. The van der Waals surface area contributed by atoms with Crippen molar-refractivity contribution in [1.29, 1.82) is 0 Å². The van der Waals surface area contributed by atoms with Gasteiger partial charge in [0, 0.05) is 0 Å². The lowest BCUT2D eigenvalue weighted by Gasteiger charge is -2.24. The number of rotatable bonds is 5. The van der Waals surface area contributed by atoms with Gasteiger partial charge in [-0.2, -0.15) is 5.01 Å². The molecule has 0 heterocycles. The molecule has 4 aromatic rings. The van der Waals surface area contributed by atoms with Crippen molar-refractivity contribution in [3.63, 3.8) is 0 Å². The third kappa shape index (κ3) is 4.13. The number of fused-ring (bicyclic) bond motifs is 1. The first-order chi connectivity index (χ1) is 13.8. The molecule has 0 aliphatic heterocycles. The molecule has 0 bridgehead atoms. The van der Waals surface area contributed by atoms with Crippen molar-refractivity contribution in [1.82, 2.24) is 0 Å². The van der Waals surface area contributed by atoms with Gasteiger partial charge in [-0.1, -0.05) is 78.9 Å². The first kappa shape index (κ1) is 17.6. The third-order valence-corrected chi connectivity index (χ3v) is 4.39. The van der Waals surface area contributed by atoms with Crippen LogP contribution in [0.3, 0.4) is 0 Å². The summed E-state index contributed by atoms with van der Waals surface area (Å²) in [6.07, 6.45) is -0.469. The van der Waals surface area contributed by atoms with E-state index in [1.54, 1.807) is 0 Å². The van der Waals surface area contributed by atoms with Gasteiger partial charge in [0.2, 0.25) is 0 Å². The van der Waals surface area contributed by atoms with Crippen LogP contribution in [0.25, 0.3) is 10.8 Å². The molecular formula is C24H20N2O2. The molecule has 4 rings (SSSR count). The first-order valence-corrected chi connectivity index (χ1v) is 9.11. The van der Waals surface area contributed by atoms with Gasteiger partial charge in [0.1, 0.15) is 6.61 Å². The van der Waals surface area contributed by atoms with E-state index in [-0.39, 0.29) is 6.61 Å². The smallest absolute Gasteiger partial charge is 0.433 e. The lowest BCUT2D eigenvalue weighted by Crippen LogP contribution is -2.36. The summed E-state index contributed by atoms with van der Waals surface area (Å²) in [7, 11) is 0. The van der Waals surface area contributed by atoms with E-state index >= 15 is 0 Å². The molecule has 0 aromatic heterocycles. The Morgan fingerprint density at radius 2 is 1.39 bits per heavy atom. The second-order valence-electron chi connectivity index (χ2n) is 6.38. The molecule has 4 aromatic carbocycles. The third-order valence-electron chi connectivity index (χ3n) is 4.39. The Morgan fingerprint density at radius 1 is 0.750 bits per heavy atom. The summed E-state index contributed by atoms with van der Waals surface area (Å²) in [5, 5.41) is 3.66. The summed E-state index contributed by atoms with van der Waals surface area (Å²) in [6, 6.07) is 33.1. The van der Waals surface area contributed by atoms with E-state index in [2.05, 4.69) is 11.5 Å². The Labute approximate surface area is 164 Å². The van der Waals surface area contributed by atoms with E-state index in [0.717, 1.165) is 22.0 Å². The minimum absolute atomic E-state index is 0.211. The van der Waals surface area contributed by atoms with E-state index in [9.17, 15) is 4.79 Å². The van der Waals surface area contributed by atoms with Gasteiger partial charge in [0.25, 0.3) is 0 Å². The van der Waals surface area contributed by atoms with Crippen LogP contribution >= 0.6 is 0 Å². The number of anilines is 2. The number of hydrogen-bond acceptors (Lipinski definition) is 3. The quantitative estimate of drug-likeness (QED) is 0.439. The Balaban J connectivity index is 1.57. The van der Waals surface area contributed by atoms with Crippen LogP contribution in [0.2, 0.25) is 0 Å². The molecule has 0 fully saturated rings. The van der Waals surface area contributed by atoms with Crippen molar-refractivity contribution in [2.45, 2.75) is 6.61 Å². The number of hydrogen-bond donors (Lipinski definition) is 1. The van der Waals surface area contributed by atoms with Crippen molar-refractivity contribution >= 4 is 28.2 Å². The summed E-state index contributed by atoms with van der Waals surface area (Å²) in [5.74, 6) is 0. The maximum absolute atomic E-state index is 12.8. The number of carbonyl (C=O) groups is 1. The van der Waals surface area contributed by atoms with Gasteiger partial charge >= 0.3 is 6.09 Å². The van der Waals surface area contributed by atoms with E-state index in [1.807, 2.05) is 97.1 Å². The molecule has 28 heavy (non-hydrogen) atoms. The van der Waals surface area contributed by atoms with Crippen molar-refractivity contribution in [3.05, 3.63) is 109 Å². The second-order valence-corrected chi connectivity index (χ2v) is 6.38. The molecule has 0 radical (unpaired) electrons. The maximum Gasteiger partial charge on any atom is 0.433 e. The zero-order chi connectivity index (χ0) is 19.2. The fraction of sp³-hybridized carbons (Fsp3) is 0.0417. The van der Waals surface area contributed by atoms with Gasteiger partial charge < -0.3 is 4.74 Å². The van der Waals surface area contributed by atoms with Crippen LogP contribution in [-0.4, -0.2) is 6.09 Å². The molecule has 4 heteroatoms. The largest absolute Gasteiger partial charge is 0.443 e. The highest BCUT2D eigenvalue weighted by molar-refractivity contribution is 5.91. The van der Waals surface area contributed by atoms with Gasteiger partial charge in [0.15, 0.2) is 0 Å². The Hall–Kier alpha value is -3.79. The molecule has 1 N–H and O–H groups in total. The summed E-state index contributed by atoms with van der Waals surface area (Å²) in [6.45, 7) is 0.211. The topological polar surface area (TPSA) is 41.6 Å². The summed E-state index contributed by atoms with van der Waals surface area (Å²) >= 11 is 0. The zero-order valence-electron chi connectivity index (χ0n) is 15.3. The van der Waals surface area contributed by atoms with E-state index in [0.29, 0.717) is 5.69 Å². The number of nitrogens with zero attached hydrogens (tertiary/aromatic N) is 1. The monoisotopic (exact) mass is 368 g/mol. The first-order valence-electron chi connectivity index (χ1n) is 9.11. The maximum atomic E-state index is 12.8. The van der Waals surface area contributed by atoms with Gasteiger partial charge in [-0.05, 0) is 40.6 Å². The van der Waals surface area contributed by atoms with Crippen molar-refractivity contribution in [2.75, 3.05) is 10.4 Å². The molecule has 4 nitrogen and oxygen atoms in total. The molecule has 138 valence electrons. The normalized spacial score (nSPS) is 10.4. The predicted octanol–water partition coefficient (Wildman–Crippen LogP) is 6.01. The zero-order valence-corrected chi connectivity index (χ0v) is 15.3. The summed E-state index contributed by atoms with van der Waals surface area (Å²) in [5.41, 5.74) is 5.63. The van der Waals surface area contributed by atoms with E-state index in [4.69, 9.17) is 4.74 Å². The van der Waals surface area contributed by atoms with Crippen molar-refractivity contribution in [3.8, 4) is 0 Å². The number of para-hydroxylation sites is 1. The minimum atomic E-state index is -0.469. The average Bonchev–Trinajstić information content (AvgIpc) is 2.77. The SMILES string of the molecule is O=C(OCc1ccccc1)N(Nc1ccc2ccccc2c1)c1ccccc1. The number of nitrogens with one attached hydrogen (secondary N) is 1. The Kier molecular flexibility index (Phi) is 5.20. The standard InChI is InChI=1S/C24H20N2O2/c27-24(28-18-19-9-3-1-4-10-19)26(23-13-5-2-6-14-23)25-22-16-15-20-11-7-8-12-21(20)17-22/h1-17,25H,18H2. The van der Waals surface area contributed by atoms with E-state index < -0.39 is 6.09 Å². The number of carbonyl (C=O) groups excluding carboxylic acids is 1. The lowest BCUT2D eigenvalue weighted by atomic mass is 10.1. The number of hydrazine groups is 1. The van der Waals surface area contributed by atoms with Crippen LogP contribution in [0, 0.1) is 0 Å². The van der Waals surface area contributed by atoms with Crippen molar-refractivity contribution in [2.24, 2.45) is 0 Å². The van der Waals surface area contributed by atoms with Gasteiger partial charge in [-0.15, -0.1) is 0 Å². The fourth-order valence-corrected chi connectivity index (χ4v) is 2.96. The van der Waals surface area contributed by atoms with Crippen LogP contribution in [-0.2, 0) is 11.3 Å². The van der Waals surface area contributed by atoms with Crippen LogP contribution in [0.4, 0.5) is 16.2 Å². The van der Waals surface area contributed by atoms with Crippen LogP contribution in [0.15, 0.2) is 103 Å². The van der Waals surface area contributed by atoms with Gasteiger partial charge in [-0.3, -0.25) is 5.43 Å². The molecule has 0 aliphatic carbocycles. The summed E-state index contributed by atoms with van der Waals surface area (Å²) < 4.78 is 5.53. The molecule has 0 spiro atoms. The molecule has 0 unspecified atom stereocenters.